The molecule has 17 heavy (non-hydrogen) atoms. The van der Waals surface area contributed by atoms with E-state index in [1.807, 2.05) is 6.92 Å². The van der Waals surface area contributed by atoms with Gasteiger partial charge in [0, 0.05) is 38.6 Å². The van der Waals surface area contributed by atoms with Gasteiger partial charge < -0.3 is 4.90 Å². The predicted molar refractivity (Wildman–Crippen MR) is 67.4 cm³/mol. The number of aryl methyl sites for hydroxylation is 1. The lowest BCUT2D eigenvalue weighted by molar-refractivity contribution is 0.0889. The van der Waals surface area contributed by atoms with Gasteiger partial charge in [-0.05, 0) is 20.9 Å². The van der Waals surface area contributed by atoms with Crippen molar-refractivity contribution >= 4 is 0 Å². The van der Waals surface area contributed by atoms with E-state index in [9.17, 15) is 0 Å². The summed E-state index contributed by atoms with van der Waals surface area (Å²) in [6.07, 6.45) is 3.49. The number of rotatable bonds is 3. The number of hydrogen-bond acceptors (Lipinski definition) is 5. The molecule has 1 fully saturated rings. The summed E-state index contributed by atoms with van der Waals surface area (Å²) in [7, 11) is 2.16. The molecule has 1 N–H and O–H groups in total. The number of hydrazine groups is 1. The molecule has 2 rings (SSSR count). The smallest absolute Gasteiger partial charge is 0.0796 e. The zero-order chi connectivity index (χ0) is 12.3. The summed E-state index contributed by atoms with van der Waals surface area (Å²) in [5, 5.41) is 2.28. The first kappa shape index (κ1) is 12.4. The minimum absolute atomic E-state index is 0.215. The molecular weight excluding hydrogens is 214 g/mol. The highest BCUT2D eigenvalue weighted by molar-refractivity contribution is 5.12. The Kier molecular flexibility index (Phi) is 4.04. The molecule has 1 aromatic heterocycles. The average molecular weight is 235 g/mol. The molecule has 0 radical (unpaired) electrons. The average Bonchev–Trinajstić information content (AvgIpc) is 2.32. The molecule has 5 heteroatoms. The lowest BCUT2D eigenvalue weighted by Crippen LogP contribution is -2.51. The second kappa shape index (κ2) is 5.53. The van der Waals surface area contributed by atoms with E-state index < -0.39 is 0 Å². The summed E-state index contributed by atoms with van der Waals surface area (Å²) in [5.41, 5.74) is 5.54. The molecule has 0 spiro atoms. The molecule has 1 aliphatic rings. The molecule has 1 unspecified atom stereocenters. The van der Waals surface area contributed by atoms with Gasteiger partial charge in [0.05, 0.1) is 17.4 Å². The van der Waals surface area contributed by atoms with E-state index >= 15 is 0 Å². The van der Waals surface area contributed by atoms with Crippen molar-refractivity contribution in [2.75, 3.05) is 33.2 Å². The van der Waals surface area contributed by atoms with Crippen LogP contribution in [-0.4, -0.2) is 53.1 Å². The normalized spacial score (nSPS) is 20.4. The van der Waals surface area contributed by atoms with Gasteiger partial charge in [-0.25, -0.2) is 10.4 Å². The number of nitrogens with one attached hydrogen (secondary N) is 1. The summed E-state index contributed by atoms with van der Waals surface area (Å²) >= 11 is 0. The van der Waals surface area contributed by atoms with Crippen LogP contribution in [0.5, 0.6) is 0 Å². The van der Waals surface area contributed by atoms with Crippen LogP contribution in [0, 0.1) is 6.92 Å². The molecule has 5 nitrogen and oxygen atoms in total. The maximum atomic E-state index is 4.40. The molecular formula is C12H21N5. The van der Waals surface area contributed by atoms with Gasteiger partial charge in [-0.1, -0.05) is 0 Å². The third-order valence-corrected chi connectivity index (χ3v) is 3.21. The molecule has 0 aromatic carbocycles. The lowest BCUT2D eigenvalue weighted by Gasteiger charge is -2.34. The van der Waals surface area contributed by atoms with Crippen molar-refractivity contribution in [3.05, 3.63) is 23.8 Å². The van der Waals surface area contributed by atoms with Crippen molar-refractivity contribution in [2.45, 2.75) is 19.9 Å². The topological polar surface area (TPSA) is 44.3 Å². The van der Waals surface area contributed by atoms with Crippen LogP contribution in [-0.2, 0) is 0 Å². The summed E-state index contributed by atoms with van der Waals surface area (Å²) < 4.78 is 0. The van der Waals surface area contributed by atoms with Crippen molar-refractivity contribution in [3.8, 4) is 0 Å². The van der Waals surface area contributed by atoms with Gasteiger partial charge in [0.1, 0.15) is 0 Å². The van der Waals surface area contributed by atoms with Crippen molar-refractivity contribution in [1.82, 2.24) is 25.3 Å². The Morgan fingerprint density at radius 2 is 1.82 bits per heavy atom. The fourth-order valence-electron chi connectivity index (χ4n) is 2.11. The van der Waals surface area contributed by atoms with Gasteiger partial charge in [-0.2, -0.15) is 0 Å². The van der Waals surface area contributed by atoms with Gasteiger partial charge >= 0.3 is 0 Å². The summed E-state index contributed by atoms with van der Waals surface area (Å²) in [6, 6.07) is 0.215. The van der Waals surface area contributed by atoms with Crippen LogP contribution in [0.1, 0.15) is 24.4 Å². The van der Waals surface area contributed by atoms with Crippen LogP contribution in [0.4, 0.5) is 0 Å². The van der Waals surface area contributed by atoms with Crippen LogP contribution in [0.15, 0.2) is 12.4 Å². The molecule has 1 aliphatic heterocycles. The first-order valence-electron chi connectivity index (χ1n) is 6.14. The highest BCUT2D eigenvalue weighted by Gasteiger charge is 2.17. The Labute approximate surface area is 103 Å². The fourth-order valence-corrected chi connectivity index (χ4v) is 2.11. The largest absolute Gasteiger partial charge is 0.304 e. The van der Waals surface area contributed by atoms with E-state index in [1.165, 1.54) is 0 Å². The van der Waals surface area contributed by atoms with Crippen molar-refractivity contribution in [3.63, 3.8) is 0 Å². The first-order valence-corrected chi connectivity index (χ1v) is 6.14. The number of likely N-dealkylation sites (N-methyl/N-ethyl adjacent to an activating group) is 1. The SMILES string of the molecule is Cc1nccnc1C(C)NN1CCN(C)CC1. The number of nitrogens with zero attached hydrogens (tertiary/aromatic N) is 4. The third kappa shape index (κ3) is 3.21. The molecule has 0 amide bonds. The maximum absolute atomic E-state index is 4.40. The van der Waals surface area contributed by atoms with Gasteiger partial charge in [0.25, 0.3) is 0 Å². The lowest BCUT2D eigenvalue weighted by atomic mass is 10.2. The van der Waals surface area contributed by atoms with Crippen LogP contribution < -0.4 is 5.43 Å². The molecule has 1 aromatic rings. The second-order valence-electron chi connectivity index (χ2n) is 4.67. The second-order valence-corrected chi connectivity index (χ2v) is 4.67. The number of hydrogen-bond donors (Lipinski definition) is 1. The minimum Gasteiger partial charge on any atom is -0.304 e. The van der Waals surface area contributed by atoms with Crippen LogP contribution >= 0.6 is 0 Å². The van der Waals surface area contributed by atoms with Crippen molar-refractivity contribution in [2.24, 2.45) is 0 Å². The predicted octanol–water partition coefficient (Wildman–Crippen LogP) is 0.598. The summed E-state index contributed by atoms with van der Waals surface area (Å²) in [5.74, 6) is 0. The maximum Gasteiger partial charge on any atom is 0.0796 e. The van der Waals surface area contributed by atoms with Gasteiger partial charge in [0.2, 0.25) is 0 Å². The Balaban J connectivity index is 1.93. The Bertz CT molecular complexity index is 360. The van der Waals surface area contributed by atoms with E-state index in [0.717, 1.165) is 37.6 Å². The van der Waals surface area contributed by atoms with Crippen LogP contribution in [0.25, 0.3) is 0 Å². The zero-order valence-corrected chi connectivity index (χ0v) is 10.8. The van der Waals surface area contributed by atoms with E-state index in [0.29, 0.717) is 0 Å². The molecule has 94 valence electrons. The standard InChI is InChI=1S/C12H21N5/c1-10-12(14-5-4-13-10)11(2)15-17-8-6-16(3)7-9-17/h4-5,11,15H,6-9H2,1-3H3. The van der Waals surface area contributed by atoms with Gasteiger partial charge in [-0.3, -0.25) is 9.97 Å². The van der Waals surface area contributed by atoms with Crippen molar-refractivity contribution in [1.29, 1.82) is 0 Å². The van der Waals surface area contributed by atoms with E-state index in [4.69, 9.17) is 0 Å². The van der Waals surface area contributed by atoms with Crippen LogP contribution in [0.3, 0.4) is 0 Å². The van der Waals surface area contributed by atoms with Crippen LogP contribution in [0.2, 0.25) is 0 Å². The number of aromatic nitrogens is 2. The van der Waals surface area contributed by atoms with E-state index in [-0.39, 0.29) is 6.04 Å². The Hall–Kier alpha value is -1.04. The quantitative estimate of drug-likeness (QED) is 0.831. The van der Waals surface area contributed by atoms with Gasteiger partial charge in [-0.15, -0.1) is 0 Å². The highest BCUT2D eigenvalue weighted by atomic mass is 15.5. The zero-order valence-electron chi connectivity index (χ0n) is 10.8. The Morgan fingerprint density at radius 1 is 1.18 bits per heavy atom. The highest BCUT2D eigenvalue weighted by Crippen LogP contribution is 2.12. The minimum atomic E-state index is 0.215. The van der Waals surface area contributed by atoms with E-state index in [2.05, 4.69) is 39.3 Å². The Morgan fingerprint density at radius 3 is 2.47 bits per heavy atom. The molecule has 1 atom stereocenters. The van der Waals surface area contributed by atoms with E-state index in [1.54, 1.807) is 12.4 Å². The molecule has 0 aliphatic carbocycles. The summed E-state index contributed by atoms with van der Waals surface area (Å²) in [6.45, 7) is 8.47. The molecule has 0 bridgehead atoms. The van der Waals surface area contributed by atoms with Crippen molar-refractivity contribution < 1.29 is 0 Å². The monoisotopic (exact) mass is 235 g/mol. The first-order chi connectivity index (χ1) is 8.16. The molecule has 1 saturated heterocycles. The third-order valence-electron chi connectivity index (χ3n) is 3.21. The number of piperazine rings is 1. The van der Waals surface area contributed by atoms with Gasteiger partial charge in [0.15, 0.2) is 0 Å². The summed E-state index contributed by atoms with van der Waals surface area (Å²) in [4.78, 5) is 11.0. The molecule has 0 saturated carbocycles. The molecule has 2 heterocycles. The fraction of sp³-hybridized carbons (Fsp3) is 0.667.